The molecule has 3 aliphatic rings. The van der Waals surface area contributed by atoms with Gasteiger partial charge >= 0.3 is 0 Å². The molecule has 238 valence electrons. The maximum absolute atomic E-state index is 14.0. The van der Waals surface area contributed by atoms with Crippen LogP contribution in [0.4, 0.5) is 5.69 Å². The van der Waals surface area contributed by atoms with Crippen molar-refractivity contribution in [2.24, 2.45) is 11.8 Å². The van der Waals surface area contributed by atoms with Crippen molar-refractivity contribution in [1.29, 1.82) is 0 Å². The lowest BCUT2D eigenvalue weighted by Crippen LogP contribution is -2.47. The number of fused-ring (bicyclic) bond motifs is 1. The predicted octanol–water partition coefficient (Wildman–Crippen LogP) is 7.49. The van der Waals surface area contributed by atoms with Gasteiger partial charge in [0, 0.05) is 55.8 Å². The molecule has 7 heteroatoms. The average molecular weight is 600 g/mol. The minimum atomic E-state index is -0.00316. The molecule has 1 spiro atoms. The lowest BCUT2D eigenvalue weighted by Gasteiger charge is -2.46. The van der Waals surface area contributed by atoms with Crippen LogP contribution >= 0.6 is 0 Å². The smallest absolute Gasteiger partial charge is 0.261 e. The summed E-state index contributed by atoms with van der Waals surface area (Å²) in [5, 5.41) is 4.39. The Balaban J connectivity index is 1.24. The fraction of sp³-hybridized carbons (Fsp3) is 0.649. The van der Waals surface area contributed by atoms with Gasteiger partial charge in [0.2, 0.25) is 0 Å². The van der Waals surface area contributed by atoms with Crippen LogP contribution in [0.5, 0.6) is 0 Å². The van der Waals surface area contributed by atoms with Gasteiger partial charge in [0.15, 0.2) is 0 Å². The molecule has 0 bridgehead atoms. The number of pyridine rings is 1. The summed E-state index contributed by atoms with van der Waals surface area (Å²) in [7, 11) is 0. The number of rotatable bonds is 10. The van der Waals surface area contributed by atoms with Crippen molar-refractivity contribution in [3.63, 3.8) is 0 Å². The van der Waals surface area contributed by atoms with E-state index in [-0.39, 0.29) is 22.6 Å². The second kappa shape index (κ2) is 13.3. The van der Waals surface area contributed by atoms with Gasteiger partial charge in [-0.3, -0.25) is 19.2 Å². The Morgan fingerprint density at radius 3 is 2.57 bits per heavy atom. The minimum Gasteiger partial charge on any atom is -0.385 e. The van der Waals surface area contributed by atoms with E-state index in [9.17, 15) is 4.79 Å². The van der Waals surface area contributed by atoms with E-state index < -0.39 is 0 Å². The summed E-state index contributed by atoms with van der Waals surface area (Å²) in [5.41, 5.74) is 3.06. The largest absolute Gasteiger partial charge is 0.385 e. The maximum atomic E-state index is 14.0. The third kappa shape index (κ3) is 6.32. The SMILES string of the molecule is CCC[C@H](c1nc2ccc(NCC[C@]3(c4ccccn4)CCOC4(CCCC4)C3)cc2c(=O)n1CC)N1C[C@H](C)C[C@H](C)C1. The molecule has 7 nitrogen and oxygen atoms in total. The van der Waals surface area contributed by atoms with Crippen LogP contribution in [0, 0.1) is 11.8 Å². The van der Waals surface area contributed by atoms with Gasteiger partial charge in [0.05, 0.1) is 22.5 Å². The van der Waals surface area contributed by atoms with Crippen LogP contribution in [0.25, 0.3) is 10.9 Å². The van der Waals surface area contributed by atoms with Crippen molar-refractivity contribution in [1.82, 2.24) is 19.4 Å². The van der Waals surface area contributed by atoms with E-state index in [1.807, 2.05) is 29.0 Å². The molecule has 1 N–H and O–H groups in total. The maximum Gasteiger partial charge on any atom is 0.261 e. The van der Waals surface area contributed by atoms with Crippen LogP contribution in [0.1, 0.15) is 109 Å². The van der Waals surface area contributed by atoms with Crippen LogP contribution in [0.3, 0.4) is 0 Å². The number of nitrogens with zero attached hydrogens (tertiary/aromatic N) is 4. The fourth-order valence-corrected chi connectivity index (χ4v) is 8.86. The van der Waals surface area contributed by atoms with Gasteiger partial charge in [-0.05, 0) is 94.0 Å². The third-order valence-corrected chi connectivity index (χ3v) is 10.8. The number of ether oxygens (including phenoxy) is 1. The lowest BCUT2D eigenvalue weighted by atomic mass is 9.68. The van der Waals surface area contributed by atoms with Gasteiger partial charge in [-0.25, -0.2) is 4.98 Å². The first kappa shape index (κ1) is 31.2. The Labute approximate surface area is 263 Å². The molecule has 44 heavy (non-hydrogen) atoms. The van der Waals surface area contributed by atoms with E-state index in [2.05, 4.69) is 56.1 Å². The summed E-state index contributed by atoms with van der Waals surface area (Å²) in [5.74, 6) is 2.26. The van der Waals surface area contributed by atoms with E-state index in [0.29, 0.717) is 23.8 Å². The van der Waals surface area contributed by atoms with Gasteiger partial charge < -0.3 is 10.1 Å². The highest BCUT2D eigenvalue weighted by atomic mass is 16.5. The standard InChI is InChI=1S/C37H53N5O2/c1-5-11-32(41-24-27(3)22-28(4)25-41)34-40-31-14-13-29(23-30(31)35(43)42(34)6-2)38-20-17-36(33-12-7-10-19-39-33)18-21-44-37(26-36)15-8-9-16-37/h7,10,12-14,19,23,27-28,32,38H,5-6,8-9,11,15-18,20-22,24-26H2,1-4H3/t27-,28+,32-,36+/m1/s1. The molecule has 2 saturated heterocycles. The molecule has 4 atom stereocenters. The first-order valence-corrected chi connectivity index (χ1v) is 17.4. The van der Waals surface area contributed by atoms with Crippen LogP contribution in [0.2, 0.25) is 0 Å². The number of hydrogen-bond donors (Lipinski definition) is 1. The van der Waals surface area contributed by atoms with Crippen molar-refractivity contribution in [2.75, 3.05) is 31.6 Å². The molecule has 1 saturated carbocycles. The molecule has 3 fully saturated rings. The van der Waals surface area contributed by atoms with Crippen LogP contribution < -0.4 is 10.9 Å². The number of hydrogen-bond acceptors (Lipinski definition) is 6. The highest BCUT2D eigenvalue weighted by molar-refractivity contribution is 5.81. The quantitative estimate of drug-likeness (QED) is 0.260. The van der Waals surface area contributed by atoms with E-state index >= 15 is 0 Å². The Kier molecular flexibility index (Phi) is 9.44. The Hall–Kier alpha value is -2.77. The van der Waals surface area contributed by atoms with Gasteiger partial charge in [-0.1, -0.05) is 46.1 Å². The first-order valence-electron chi connectivity index (χ1n) is 17.4. The van der Waals surface area contributed by atoms with E-state index in [0.717, 1.165) is 88.2 Å². The van der Waals surface area contributed by atoms with Gasteiger partial charge in [0.25, 0.3) is 5.56 Å². The molecule has 0 unspecified atom stereocenters. The molecule has 6 rings (SSSR count). The van der Waals surface area contributed by atoms with E-state index in [1.54, 1.807) is 0 Å². The molecular weight excluding hydrogens is 546 g/mol. The zero-order valence-electron chi connectivity index (χ0n) is 27.5. The fourth-order valence-electron chi connectivity index (χ4n) is 8.86. The minimum absolute atomic E-state index is 0.00316. The van der Waals surface area contributed by atoms with E-state index in [4.69, 9.17) is 14.7 Å². The summed E-state index contributed by atoms with van der Waals surface area (Å²) >= 11 is 0. The number of likely N-dealkylation sites (tertiary alicyclic amines) is 1. The van der Waals surface area contributed by atoms with Crippen molar-refractivity contribution >= 4 is 16.6 Å². The van der Waals surface area contributed by atoms with Crippen LogP contribution in [0.15, 0.2) is 47.4 Å². The molecule has 1 aliphatic carbocycles. The second-order valence-corrected chi connectivity index (χ2v) is 14.3. The van der Waals surface area contributed by atoms with Gasteiger partial charge in [0.1, 0.15) is 5.82 Å². The highest BCUT2D eigenvalue weighted by Gasteiger charge is 2.48. The van der Waals surface area contributed by atoms with E-state index in [1.165, 1.54) is 25.0 Å². The Morgan fingerprint density at radius 1 is 1.07 bits per heavy atom. The Morgan fingerprint density at radius 2 is 1.86 bits per heavy atom. The molecule has 0 radical (unpaired) electrons. The number of aromatic nitrogens is 3. The van der Waals surface area contributed by atoms with Crippen LogP contribution in [-0.4, -0.2) is 51.3 Å². The van der Waals surface area contributed by atoms with Crippen molar-refractivity contribution in [3.05, 3.63) is 64.5 Å². The molecule has 3 aromatic rings. The van der Waals surface area contributed by atoms with Crippen molar-refractivity contribution in [2.45, 2.75) is 116 Å². The summed E-state index contributed by atoms with van der Waals surface area (Å²) in [6, 6.07) is 12.7. The Bertz CT molecular complexity index is 1460. The number of benzene rings is 1. The lowest BCUT2D eigenvalue weighted by molar-refractivity contribution is -0.104. The third-order valence-electron chi connectivity index (χ3n) is 10.8. The zero-order chi connectivity index (χ0) is 30.7. The summed E-state index contributed by atoms with van der Waals surface area (Å²) in [4.78, 5) is 26.7. The predicted molar refractivity (Wildman–Crippen MR) is 179 cm³/mol. The first-order chi connectivity index (χ1) is 21.4. The topological polar surface area (TPSA) is 72.3 Å². The summed E-state index contributed by atoms with van der Waals surface area (Å²) in [6.45, 7) is 13.4. The summed E-state index contributed by atoms with van der Waals surface area (Å²) in [6.07, 6.45) is 13.1. The number of piperidine rings is 1. The monoisotopic (exact) mass is 599 g/mol. The molecular formula is C37H53N5O2. The highest BCUT2D eigenvalue weighted by Crippen LogP contribution is 2.49. The number of nitrogens with one attached hydrogen (secondary N) is 1. The molecule has 1 aromatic carbocycles. The number of anilines is 1. The molecule has 0 amide bonds. The van der Waals surface area contributed by atoms with Crippen molar-refractivity contribution in [3.8, 4) is 0 Å². The van der Waals surface area contributed by atoms with Crippen molar-refractivity contribution < 1.29 is 4.74 Å². The van der Waals surface area contributed by atoms with Crippen LogP contribution in [-0.2, 0) is 16.7 Å². The normalized spacial score (nSPS) is 26.3. The van der Waals surface area contributed by atoms with Gasteiger partial charge in [-0.15, -0.1) is 0 Å². The van der Waals surface area contributed by atoms with Gasteiger partial charge in [-0.2, -0.15) is 0 Å². The zero-order valence-corrected chi connectivity index (χ0v) is 27.5. The molecule has 2 aliphatic heterocycles. The second-order valence-electron chi connectivity index (χ2n) is 14.3. The molecule has 4 heterocycles. The molecule has 2 aromatic heterocycles. The average Bonchev–Trinajstić information content (AvgIpc) is 3.47. The summed E-state index contributed by atoms with van der Waals surface area (Å²) < 4.78 is 8.39.